The zero-order chi connectivity index (χ0) is 10.7. The van der Waals surface area contributed by atoms with Gasteiger partial charge in [-0.1, -0.05) is 56.1 Å². The third-order valence-corrected chi connectivity index (χ3v) is 4.67. The van der Waals surface area contributed by atoms with Crippen LogP contribution in [0.5, 0.6) is 0 Å². The van der Waals surface area contributed by atoms with Crippen LogP contribution in [0.1, 0.15) is 45.4 Å². The minimum absolute atomic E-state index is 0.802. The van der Waals surface area contributed by atoms with Crippen LogP contribution in [-0.4, -0.2) is 13.3 Å². The molecule has 0 unspecified atom stereocenters. The topological polar surface area (TPSA) is 9.23 Å². The molecule has 2 rings (SSSR count). The second-order valence-corrected chi connectivity index (χ2v) is 5.93. The molecule has 0 N–H and O–H groups in total. The van der Waals surface area contributed by atoms with Gasteiger partial charge < -0.3 is 4.74 Å². The molecule has 0 aromatic heterocycles. The van der Waals surface area contributed by atoms with Crippen molar-refractivity contribution in [2.75, 3.05) is 6.61 Å². The molecule has 2 saturated heterocycles. The van der Waals surface area contributed by atoms with E-state index in [2.05, 4.69) is 35.5 Å². The second-order valence-electron chi connectivity index (χ2n) is 4.86. The van der Waals surface area contributed by atoms with E-state index in [4.69, 9.17) is 4.74 Å². The summed E-state index contributed by atoms with van der Waals surface area (Å²) in [6.45, 7) is 3.69. The van der Waals surface area contributed by atoms with E-state index in [0.29, 0.717) is 0 Å². The van der Waals surface area contributed by atoms with Crippen molar-refractivity contribution < 1.29 is 4.74 Å². The van der Waals surface area contributed by atoms with Crippen LogP contribution >= 0.6 is 22.6 Å². The van der Waals surface area contributed by atoms with Gasteiger partial charge in [-0.15, -0.1) is 0 Å². The molecule has 84 valence electrons. The average Bonchev–Trinajstić information content (AvgIpc) is 2.17. The number of ether oxygens (including phenoxy) is 1. The summed E-state index contributed by atoms with van der Waals surface area (Å²) in [4.78, 5) is 0. The Morgan fingerprint density at radius 2 is 1.80 bits per heavy atom. The van der Waals surface area contributed by atoms with Crippen molar-refractivity contribution >= 4 is 29.3 Å². The highest BCUT2D eigenvalue weighted by molar-refractivity contribution is 14.1. The normalized spacial score (nSPS) is 31.6. The quantitative estimate of drug-likeness (QED) is 0.425. The molecule has 0 amide bonds. The summed E-state index contributed by atoms with van der Waals surface area (Å²) in [6.07, 6.45) is 8.73. The zero-order valence-corrected chi connectivity index (χ0v) is 11.7. The molecule has 0 aromatic carbocycles. The van der Waals surface area contributed by atoms with Crippen LogP contribution in [0.15, 0.2) is 9.74 Å². The molecule has 0 aromatic rings. The van der Waals surface area contributed by atoms with Crippen molar-refractivity contribution in [2.45, 2.75) is 57.1 Å². The Morgan fingerprint density at radius 1 is 1.27 bits per heavy atom. The smallest absolute Gasteiger partial charge is 0.178 e. The lowest BCUT2D eigenvalue weighted by Gasteiger charge is -2.39. The maximum Gasteiger partial charge on any atom is 0.178 e. The van der Waals surface area contributed by atoms with Crippen LogP contribution in [-0.2, 0) is 4.74 Å². The van der Waals surface area contributed by atoms with Crippen LogP contribution < -0.4 is 0 Å². The molecule has 1 nitrogen and oxygen atoms in total. The monoisotopic (exact) mass is 318 g/mol. The Bertz CT molecular complexity index is 220. The van der Waals surface area contributed by atoms with Crippen molar-refractivity contribution in [2.24, 2.45) is 0 Å². The minimum Gasteiger partial charge on any atom is -0.489 e. The van der Waals surface area contributed by atoms with E-state index in [1.54, 1.807) is 0 Å². The number of hydrogen-bond donors (Lipinski definition) is 0. The highest BCUT2D eigenvalue weighted by atomic mass is 127. The first-order valence-electron chi connectivity index (χ1n) is 6.31. The van der Waals surface area contributed by atoms with Gasteiger partial charge in [-0.2, -0.15) is 0 Å². The number of hydrogen-bond acceptors (Lipinski definition) is 1. The molecule has 2 heterocycles. The van der Waals surface area contributed by atoms with Crippen LogP contribution in [0.4, 0.5) is 0 Å². The molecule has 0 spiro atoms. The molecule has 0 saturated carbocycles. The lowest BCUT2D eigenvalue weighted by atomic mass is 9.27. The molecule has 0 radical (unpaired) electrons. The Balaban J connectivity index is 2.03. The Morgan fingerprint density at radius 3 is 2.27 bits per heavy atom. The number of rotatable bonds is 3. The summed E-state index contributed by atoms with van der Waals surface area (Å²) < 4.78 is 6.68. The molecule has 2 aliphatic rings. The van der Waals surface area contributed by atoms with E-state index in [-0.39, 0.29) is 0 Å². The van der Waals surface area contributed by atoms with Gasteiger partial charge in [0.2, 0.25) is 0 Å². The van der Waals surface area contributed by atoms with Gasteiger partial charge >= 0.3 is 0 Å². The van der Waals surface area contributed by atoms with Gasteiger partial charge in [-0.05, 0) is 29.5 Å². The third-order valence-electron chi connectivity index (χ3n) is 3.99. The first-order chi connectivity index (χ1) is 7.31. The number of halogens is 1. The van der Waals surface area contributed by atoms with Gasteiger partial charge in [-0.25, -0.2) is 0 Å². The van der Waals surface area contributed by atoms with Gasteiger partial charge in [0, 0.05) is 0 Å². The van der Waals surface area contributed by atoms with Crippen LogP contribution in [0.2, 0.25) is 11.6 Å². The van der Waals surface area contributed by atoms with E-state index in [1.807, 2.05) is 0 Å². The molecular weight excluding hydrogens is 298 g/mol. The Kier molecular flexibility index (Phi) is 4.41. The van der Waals surface area contributed by atoms with Gasteiger partial charge in [-0.3, -0.25) is 0 Å². The fraction of sp³-hybridized carbons (Fsp3) is 0.833. The van der Waals surface area contributed by atoms with Gasteiger partial charge in [0.15, 0.2) is 6.71 Å². The highest BCUT2D eigenvalue weighted by Crippen LogP contribution is 2.47. The fourth-order valence-electron chi connectivity index (χ4n) is 3.34. The summed E-state index contributed by atoms with van der Waals surface area (Å²) in [5.41, 5.74) is 0. The second kappa shape index (κ2) is 5.60. The maximum absolute atomic E-state index is 5.56. The summed E-state index contributed by atoms with van der Waals surface area (Å²) in [5.74, 6) is 4.34. The van der Waals surface area contributed by atoms with E-state index in [9.17, 15) is 0 Å². The largest absolute Gasteiger partial charge is 0.489 e. The Hall–Kier alpha value is 0.335. The van der Waals surface area contributed by atoms with E-state index >= 15 is 0 Å². The van der Waals surface area contributed by atoms with Crippen LogP contribution in [0.3, 0.4) is 0 Å². The van der Waals surface area contributed by atoms with Crippen molar-refractivity contribution in [1.82, 2.24) is 0 Å². The summed E-state index contributed by atoms with van der Waals surface area (Å²) >= 11 is 2.34. The van der Waals surface area contributed by atoms with Gasteiger partial charge in [0.25, 0.3) is 0 Å². The summed E-state index contributed by atoms with van der Waals surface area (Å²) in [6, 6.07) is 0. The summed E-state index contributed by atoms with van der Waals surface area (Å²) in [5, 5.41) is 0. The standard InChI is InChI=1S/C12H20BIO/c1-2-15-12(14)9-13-10-5-3-6-11(13)8-4-7-10/h9-11H,2-8H2,1H3/b12-9+. The molecule has 0 aliphatic carbocycles. The number of fused-ring (bicyclic) bond motifs is 2. The van der Waals surface area contributed by atoms with Gasteiger partial charge in [0.1, 0.15) is 3.77 Å². The average molecular weight is 318 g/mol. The van der Waals surface area contributed by atoms with Crippen LogP contribution in [0.25, 0.3) is 0 Å². The molecule has 15 heavy (non-hydrogen) atoms. The van der Waals surface area contributed by atoms with Gasteiger partial charge in [0.05, 0.1) is 6.61 Å². The van der Waals surface area contributed by atoms with Crippen molar-refractivity contribution in [3.8, 4) is 0 Å². The van der Waals surface area contributed by atoms with Crippen molar-refractivity contribution in [1.29, 1.82) is 0 Å². The minimum atomic E-state index is 0.802. The fourth-order valence-corrected chi connectivity index (χ4v) is 4.06. The van der Waals surface area contributed by atoms with Crippen LogP contribution in [0, 0.1) is 0 Å². The van der Waals surface area contributed by atoms with Crippen molar-refractivity contribution in [3.05, 3.63) is 9.74 Å². The maximum atomic E-state index is 5.56. The van der Waals surface area contributed by atoms with E-state index in [1.165, 1.54) is 38.5 Å². The molecule has 2 bridgehead atoms. The zero-order valence-electron chi connectivity index (χ0n) is 9.55. The summed E-state index contributed by atoms with van der Waals surface area (Å²) in [7, 11) is 0. The molecule has 3 heteroatoms. The lowest BCUT2D eigenvalue weighted by Crippen LogP contribution is -2.33. The lowest BCUT2D eigenvalue weighted by molar-refractivity contribution is 0.264. The first kappa shape index (κ1) is 11.8. The molecule has 2 aliphatic heterocycles. The highest BCUT2D eigenvalue weighted by Gasteiger charge is 2.37. The predicted molar refractivity (Wildman–Crippen MR) is 74.7 cm³/mol. The van der Waals surface area contributed by atoms with Crippen molar-refractivity contribution in [3.63, 3.8) is 0 Å². The third kappa shape index (κ3) is 2.92. The SMILES string of the molecule is CCO/C(I)=C/B1C2CCCC1CCC2. The molecular formula is C12H20BIO. The molecule has 0 atom stereocenters. The Labute approximate surface area is 107 Å². The van der Waals surface area contributed by atoms with E-state index < -0.39 is 0 Å². The molecule has 2 fully saturated rings. The first-order valence-corrected chi connectivity index (χ1v) is 7.39. The predicted octanol–water partition coefficient (Wildman–Crippen LogP) is 4.44. The van der Waals surface area contributed by atoms with E-state index in [0.717, 1.165) is 28.7 Å².